The number of aromatic amines is 1. The zero-order chi connectivity index (χ0) is 22.6. The molecular weight excluding hydrogens is 398 g/mol. The molecule has 0 bridgehead atoms. The Kier molecular flexibility index (Phi) is 6.29. The molecule has 4 N–H and O–H groups in total. The molecule has 2 amide bonds. The van der Waals surface area contributed by atoms with Crippen molar-refractivity contribution in [2.45, 2.75) is 38.8 Å². The molecule has 0 saturated carbocycles. The maximum Gasteiger partial charge on any atom is 0.408 e. The number of ether oxygens (including phenoxy) is 1. The van der Waals surface area contributed by atoms with Gasteiger partial charge in [0.1, 0.15) is 17.3 Å². The van der Waals surface area contributed by atoms with E-state index < -0.39 is 29.6 Å². The molecule has 0 aliphatic rings. The Morgan fingerprint density at radius 3 is 2.42 bits per heavy atom. The highest BCUT2D eigenvalue weighted by molar-refractivity contribution is 6.00. The van der Waals surface area contributed by atoms with Crippen LogP contribution >= 0.6 is 0 Å². The summed E-state index contributed by atoms with van der Waals surface area (Å²) in [6.45, 7) is 5.24. The van der Waals surface area contributed by atoms with Gasteiger partial charge >= 0.3 is 12.1 Å². The number of aromatic carboxylic acids is 1. The molecule has 3 aromatic rings. The Morgan fingerprint density at radius 1 is 1.06 bits per heavy atom. The van der Waals surface area contributed by atoms with Gasteiger partial charge in [0.15, 0.2) is 0 Å². The van der Waals surface area contributed by atoms with Crippen LogP contribution in [0.25, 0.3) is 10.9 Å². The van der Waals surface area contributed by atoms with Gasteiger partial charge in [-0.2, -0.15) is 0 Å². The second-order valence-electron chi connectivity index (χ2n) is 8.17. The molecule has 0 aliphatic carbocycles. The largest absolute Gasteiger partial charge is 0.477 e. The molecule has 0 aliphatic heterocycles. The number of alkyl carbamates (subject to hydrolysis) is 1. The first-order valence-electron chi connectivity index (χ1n) is 9.81. The molecule has 8 heteroatoms. The first-order valence-corrected chi connectivity index (χ1v) is 9.81. The fourth-order valence-corrected chi connectivity index (χ4v) is 3.06. The minimum Gasteiger partial charge on any atom is -0.477 e. The molecule has 0 radical (unpaired) electrons. The number of amides is 2. The fraction of sp³-hybridized carbons (Fsp3) is 0.261. The Morgan fingerprint density at radius 2 is 1.77 bits per heavy atom. The summed E-state index contributed by atoms with van der Waals surface area (Å²) in [4.78, 5) is 39.2. The average molecular weight is 423 g/mol. The Labute approximate surface area is 179 Å². The van der Waals surface area contributed by atoms with Crippen LogP contribution in [-0.2, 0) is 16.0 Å². The Bertz CT molecular complexity index is 1100. The molecule has 1 atom stereocenters. The van der Waals surface area contributed by atoms with Gasteiger partial charge in [0.25, 0.3) is 0 Å². The molecule has 0 spiro atoms. The highest BCUT2D eigenvalue weighted by Gasteiger charge is 2.25. The topological polar surface area (TPSA) is 121 Å². The first-order chi connectivity index (χ1) is 14.6. The van der Waals surface area contributed by atoms with Crippen molar-refractivity contribution in [2.75, 3.05) is 5.32 Å². The number of aromatic nitrogens is 1. The molecule has 0 fully saturated rings. The lowest BCUT2D eigenvalue weighted by atomic mass is 10.1. The van der Waals surface area contributed by atoms with E-state index in [1.807, 2.05) is 30.3 Å². The lowest BCUT2D eigenvalue weighted by Gasteiger charge is -2.23. The van der Waals surface area contributed by atoms with Crippen molar-refractivity contribution in [1.29, 1.82) is 0 Å². The van der Waals surface area contributed by atoms with E-state index in [9.17, 15) is 14.4 Å². The van der Waals surface area contributed by atoms with Gasteiger partial charge in [-0.1, -0.05) is 30.3 Å². The Hall–Kier alpha value is -3.81. The van der Waals surface area contributed by atoms with Crippen molar-refractivity contribution in [3.8, 4) is 0 Å². The third kappa shape index (κ3) is 6.08. The number of carboxylic acid groups (broad SMARTS) is 1. The SMILES string of the molecule is CC(C)(C)OC(=O)N[C@@H](Cc1ccccc1)C(=O)Nc1ccc2[nH]c(C(=O)O)cc2c1. The normalized spacial score (nSPS) is 12.2. The van der Waals surface area contributed by atoms with Crippen LogP contribution in [0, 0.1) is 0 Å². The van der Waals surface area contributed by atoms with E-state index >= 15 is 0 Å². The Balaban J connectivity index is 1.78. The van der Waals surface area contributed by atoms with Crippen molar-refractivity contribution < 1.29 is 24.2 Å². The number of H-pyrrole nitrogens is 1. The van der Waals surface area contributed by atoms with Gasteiger partial charge in [-0.3, -0.25) is 4.79 Å². The smallest absolute Gasteiger partial charge is 0.408 e. The predicted molar refractivity (Wildman–Crippen MR) is 117 cm³/mol. The number of hydrogen-bond donors (Lipinski definition) is 4. The van der Waals surface area contributed by atoms with Gasteiger partial charge in [-0.15, -0.1) is 0 Å². The van der Waals surface area contributed by atoms with Crippen LogP contribution in [0.3, 0.4) is 0 Å². The third-order valence-electron chi connectivity index (χ3n) is 4.41. The number of benzene rings is 2. The maximum absolute atomic E-state index is 13.0. The van der Waals surface area contributed by atoms with Crippen LogP contribution < -0.4 is 10.6 Å². The summed E-state index contributed by atoms with van der Waals surface area (Å²) in [5.74, 6) is -1.48. The highest BCUT2D eigenvalue weighted by Crippen LogP contribution is 2.21. The van der Waals surface area contributed by atoms with E-state index in [-0.39, 0.29) is 12.1 Å². The van der Waals surface area contributed by atoms with Gasteiger partial charge in [-0.05, 0) is 50.6 Å². The highest BCUT2D eigenvalue weighted by atomic mass is 16.6. The lowest BCUT2D eigenvalue weighted by Crippen LogP contribution is -2.47. The van der Waals surface area contributed by atoms with Gasteiger partial charge in [0.05, 0.1) is 0 Å². The number of carbonyl (C=O) groups excluding carboxylic acids is 2. The zero-order valence-corrected chi connectivity index (χ0v) is 17.6. The van der Waals surface area contributed by atoms with E-state index in [1.54, 1.807) is 39.0 Å². The number of carbonyl (C=O) groups is 3. The number of anilines is 1. The van der Waals surface area contributed by atoms with Gasteiger partial charge < -0.3 is 25.5 Å². The summed E-state index contributed by atoms with van der Waals surface area (Å²) in [7, 11) is 0. The van der Waals surface area contributed by atoms with Crippen LogP contribution in [0.5, 0.6) is 0 Å². The van der Waals surface area contributed by atoms with Crippen molar-refractivity contribution in [3.63, 3.8) is 0 Å². The summed E-state index contributed by atoms with van der Waals surface area (Å²) in [6, 6.07) is 15.0. The van der Waals surface area contributed by atoms with E-state index in [2.05, 4.69) is 15.6 Å². The van der Waals surface area contributed by atoms with E-state index in [4.69, 9.17) is 9.84 Å². The predicted octanol–water partition coefficient (Wildman–Crippen LogP) is 3.94. The van der Waals surface area contributed by atoms with Crippen molar-refractivity contribution in [3.05, 3.63) is 65.9 Å². The van der Waals surface area contributed by atoms with Gasteiger partial charge in [0.2, 0.25) is 5.91 Å². The van der Waals surface area contributed by atoms with E-state index in [0.717, 1.165) is 5.56 Å². The molecular formula is C23H25N3O5. The van der Waals surface area contributed by atoms with Gasteiger partial charge in [0, 0.05) is 23.0 Å². The molecule has 1 heterocycles. The quantitative estimate of drug-likeness (QED) is 0.479. The summed E-state index contributed by atoms with van der Waals surface area (Å²) in [6.07, 6.45) is -0.405. The first kappa shape index (κ1) is 21.9. The molecule has 3 rings (SSSR count). The van der Waals surface area contributed by atoms with E-state index in [1.165, 1.54) is 6.07 Å². The molecule has 162 valence electrons. The molecule has 8 nitrogen and oxygen atoms in total. The van der Waals surface area contributed by atoms with Crippen LogP contribution in [0.4, 0.5) is 10.5 Å². The van der Waals surface area contributed by atoms with E-state index in [0.29, 0.717) is 16.6 Å². The maximum atomic E-state index is 13.0. The number of carboxylic acids is 1. The minimum absolute atomic E-state index is 0.0621. The minimum atomic E-state index is -1.06. The summed E-state index contributed by atoms with van der Waals surface area (Å²) in [5, 5.41) is 15.2. The zero-order valence-electron chi connectivity index (χ0n) is 17.6. The van der Waals surface area contributed by atoms with Crippen LogP contribution in [0.15, 0.2) is 54.6 Å². The van der Waals surface area contributed by atoms with Crippen LogP contribution in [-0.4, -0.2) is 39.7 Å². The van der Waals surface area contributed by atoms with Gasteiger partial charge in [-0.25, -0.2) is 9.59 Å². The number of fused-ring (bicyclic) bond motifs is 1. The third-order valence-corrected chi connectivity index (χ3v) is 4.41. The lowest BCUT2D eigenvalue weighted by molar-refractivity contribution is -0.118. The van der Waals surface area contributed by atoms with Crippen molar-refractivity contribution in [2.24, 2.45) is 0 Å². The second kappa shape index (κ2) is 8.91. The van der Waals surface area contributed by atoms with Crippen LogP contribution in [0.1, 0.15) is 36.8 Å². The summed E-state index contributed by atoms with van der Waals surface area (Å²) < 4.78 is 5.30. The number of nitrogens with one attached hydrogen (secondary N) is 3. The summed E-state index contributed by atoms with van der Waals surface area (Å²) in [5.41, 5.74) is 1.37. The van der Waals surface area contributed by atoms with Crippen molar-refractivity contribution in [1.82, 2.24) is 10.3 Å². The second-order valence-corrected chi connectivity index (χ2v) is 8.17. The molecule has 1 aromatic heterocycles. The number of hydrogen-bond acceptors (Lipinski definition) is 4. The van der Waals surface area contributed by atoms with Crippen molar-refractivity contribution >= 4 is 34.6 Å². The standard InChI is InChI=1S/C23H25N3O5/c1-23(2,3)31-22(30)26-18(11-14-7-5-4-6-8-14)20(27)24-16-9-10-17-15(12-16)13-19(25-17)21(28)29/h4-10,12-13,18,25H,11H2,1-3H3,(H,24,27)(H,26,30)(H,28,29)/t18-/m0/s1. The fourth-order valence-electron chi connectivity index (χ4n) is 3.06. The summed E-state index contributed by atoms with van der Waals surface area (Å²) >= 11 is 0. The molecule has 0 saturated heterocycles. The molecule has 0 unspecified atom stereocenters. The van der Waals surface area contributed by atoms with Crippen LogP contribution in [0.2, 0.25) is 0 Å². The molecule has 31 heavy (non-hydrogen) atoms. The number of rotatable bonds is 6. The average Bonchev–Trinajstić information content (AvgIpc) is 3.10. The molecule has 2 aromatic carbocycles. The monoisotopic (exact) mass is 423 g/mol.